The van der Waals surface area contributed by atoms with E-state index in [1.165, 1.54) is 0 Å². The molecule has 0 aliphatic carbocycles. The molecule has 0 spiro atoms. The molecule has 0 saturated heterocycles. The minimum absolute atomic E-state index is 0.502. The number of aryl methyl sites for hydroxylation is 1. The molecule has 0 aliphatic rings. The lowest BCUT2D eigenvalue weighted by molar-refractivity contribution is 0.660. The van der Waals surface area contributed by atoms with Gasteiger partial charge in [0, 0.05) is 25.5 Å². The topological polar surface area (TPSA) is 77.4 Å². The molecule has 0 atom stereocenters. The number of hydrogen-bond donors (Lipinski definition) is 1. The molecule has 1 aromatic carbocycles. The molecule has 1 aromatic heterocycles. The first kappa shape index (κ1) is 12.7. The first-order valence-electron chi connectivity index (χ1n) is 5.98. The highest BCUT2D eigenvalue weighted by Gasteiger charge is 2.06. The third kappa shape index (κ3) is 3.11. The molecule has 0 unspecified atom stereocenters. The molecule has 1 heterocycles. The minimum Gasteiger partial charge on any atom is -0.383 e. The Balaban J connectivity index is 1.96. The highest BCUT2D eigenvalue weighted by molar-refractivity contribution is 5.66. The van der Waals surface area contributed by atoms with E-state index in [1.54, 1.807) is 30.7 Å². The Morgan fingerprint density at radius 3 is 2.53 bits per heavy atom. The van der Waals surface area contributed by atoms with Crippen molar-refractivity contribution in [1.82, 2.24) is 9.55 Å². The summed E-state index contributed by atoms with van der Waals surface area (Å²) in [5, 5.41) is 21.2. The van der Waals surface area contributed by atoms with Crippen molar-refractivity contribution < 1.29 is 0 Å². The van der Waals surface area contributed by atoms with E-state index in [2.05, 4.69) is 22.4 Å². The minimum atomic E-state index is 0.502. The van der Waals surface area contributed by atoms with Crippen LogP contribution in [0.2, 0.25) is 0 Å². The Hall–Kier alpha value is -2.79. The largest absolute Gasteiger partial charge is 0.383 e. The summed E-state index contributed by atoms with van der Waals surface area (Å²) in [5.74, 6) is 0. The van der Waals surface area contributed by atoms with Gasteiger partial charge in [0.25, 0.3) is 0 Å². The number of nitrogens with one attached hydrogen (secondary N) is 1. The van der Waals surface area contributed by atoms with E-state index in [9.17, 15) is 0 Å². The van der Waals surface area contributed by atoms with Gasteiger partial charge >= 0.3 is 0 Å². The van der Waals surface area contributed by atoms with Crippen LogP contribution in [0.15, 0.2) is 36.9 Å². The van der Waals surface area contributed by atoms with E-state index in [4.69, 9.17) is 10.5 Å². The molecule has 5 heteroatoms. The quantitative estimate of drug-likeness (QED) is 0.826. The average Bonchev–Trinajstić information content (AvgIpc) is 2.96. The summed E-state index contributed by atoms with van der Waals surface area (Å²) in [6.07, 6.45) is 6.31. The van der Waals surface area contributed by atoms with E-state index >= 15 is 0 Å². The molecular weight excluding hydrogens is 238 g/mol. The van der Waals surface area contributed by atoms with Crippen LogP contribution in [0.25, 0.3) is 0 Å². The van der Waals surface area contributed by atoms with Crippen molar-refractivity contribution in [3.8, 4) is 12.1 Å². The number of nitrogens with zero attached hydrogens (tertiary/aromatic N) is 4. The van der Waals surface area contributed by atoms with Crippen LogP contribution >= 0.6 is 0 Å². The maximum Gasteiger partial charge on any atom is 0.101 e. The lowest BCUT2D eigenvalue weighted by Gasteiger charge is -2.10. The number of imidazole rings is 1. The molecule has 19 heavy (non-hydrogen) atoms. The zero-order chi connectivity index (χ0) is 13.5. The second-order valence-corrected chi connectivity index (χ2v) is 4.03. The first-order valence-corrected chi connectivity index (χ1v) is 5.98. The van der Waals surface area contributed by atoms with E-state index < -0.39 is 0 Å². The Labute approximate surface area is 111 Å². The highest BCUT2D eigenvalue weighted by Crippen LogP contribution is 2.19. The SMILES string of the molecule is N#Cc1cccc(C#N)c1NCCCn1ccnc1. The van der Waals surface area contributed by atoms with Crippen LogP contribution in [0.3, 0.4) is 0 Å². The van der Waals surface area contributed by atoms with Crippen LogP contribution in [0.1, 0.15) is 17.5 Å². The fraction of sp³-hybridized carbons (Fsp3) is 0.214. The van der Waals surface area contributed by atoms with Crippen LogP contribution in [0.4, 0.5) is 5.69 Å². The summed E-state index contributed by atoms with van der Waals surface area (Å²) in [6, 6.07) is 9.32. The summed E-state index contributed by atoms with van der Waals surface area (Å²) in [4.78, 5) is 3.97. The van der Waals surface area contributed by atoms with Crippen molar-refractivity contribution >= 4 is 5.69 Å². The fourth-order valence-corrected chi connectivity index (χ4v) is 1.82. The summed E-state index contributed by atoms with van der Waals surface area (Å²) in [5.41, 5.74) is 1.63. The van der Waals surface area contributed by atoms with Gasteiger partial charge < -0.3 is 9.88 Å². The average molecular weight is 251 g/mol. The van der Waals surface area contributed by atoms with Crippen molar-refractivity contribution in [2.75, 3.05) is 11.9 Å². The molecule has 2 rings (SSSR count). The van der Waals surface area contributed by atoms with Crippen LogP contribution in [-0.2, 0) is 6.54 Å². The number of rotatable bonds is 5. The monoisotopic (exact) mass is 251 g/mol. The van der Waals surface area contributed by atoms with Crippen LogP contribution < -0.4 is 5.32 Å². The van der Waals surface area contributed by atoms with E-state index in [1.807, 2.05) is 10.8 Å². The van der Waals surface area contributed by atoms with Gasteiger partial charge in [-0.2, -0.15) is 10.5 Å². The van der Waals surface area contributed by atoms with E-state index in [0.717, 1.165) is 13.0 Å². The van der Waals surface area contributed by atoms with Gasteiger partial charge in [0.15, 0.2) is 0 Å². The van der Waals surface area contributed by atoms with Gasteiger partial charge in [-0.05, 0) is 18.6 Å². The number of hydrogen-bond acceptors (Lipinski definition) is 4. The summed E-state index contributed by atoms with van der Waals surface area (Å²) in [6.45, 7) is 1.55. The number of anilines is 1. The van der Waals surface area contributed by atoms with Crippen LogP contribution in [0.5, 0.6) is 0 Å². The van der Waals surface area contributed by atoms with Crippen molar-refractivity contribution in [3.05, 3.63) is 48.0 Å². The standard InChI is InChI=1S/C14H13N5/c15-9-12-3-1-4-13(10-16)14(12)18-5-2-7-19-8-6-17-11-19/h1,3-4,6,8,11,18H,2,5,7H2. The van der Waals surface area contributed by atoms with Gasteiger partial charge in [-0.3, -0.25) is 0 Å². The van der Waals surface area contributed by atoms with E-state index in [-0.39, 0.29) is 0 Å². The molecule has 0 amide bonds. The molecule has 0 aliphatic heterocycles. The predicted octanol–water partition coefficient (Wildman–Crippen LogP) is 2.13. The van der Waals surface area contributed by atoms with Gasteiger partial charge in [-0.1, -0.05) is 6.07 Å². The van der Waals surface area contributed by atoms with Gasteiger partial charge in [0.05, 0.1) is 23.1 Å². The molecule has 1 N–H and O–H groups in total. The van der Waals surface area contributed by atoms with Crippen LogP contribution in [0, 0.1) is 22.7 Å². The summed E-state index contributed by atoms with van der Waals surface area (Å²) < 4.78 is 1.99. The molecule has 2 aromatic rings. The normalized spacial score (nSPS) is 9.58. The lowest BCUT2D eigenvalue weighted by Crippen LogP contribution is -2.08. The Morgan fingerprint density at radius 1 is 1.21 bits per heavy atom. The zero-order valence-electron chi connectivity index (χ0n) is 10.4. The molecule has 94 valence electrons. The highest BCUT2D eigenvalue weighted by atomic mass is 15.0. The molecule has 0 saturated carbocycles. The van der Waals surface area contributed by atoms with Gasteiger partial charge in [0.2, 0.25) is 0 Å². The summed E-state index contributed by atoms with van der Waals surface area (Å²) in [7, 11) is 0. The van der Waals surface area contributed by atoms with Crippen LogP contribution in [-0.4, -0.2) is 16.1 Å². The predicted molar refractivity (Wildman–Crippen MR) is 71.2 cm³/mol. The van der Waals surface area contributed by atoms with Gasteiger partial charge in [-0.25, -0.2) is 4.98 Å². The second-order valence-electron chi connectivity index (χ2n) is 4.03. The Bertz CT molecular complexity index is 584. The third-order valence-corrected chi connectivity index (χ3v) is 2.76. The number of nitriles is 2. The zero-order valence-corrected chi connectivity index (χ0v) is 10.4. The molecule has 0 bridgehead atoms. The molecule has 0 radical (unpaired) electrons. The van der Waals surface area contributed by atoms with Gasteiger partial charge in [-0.15, -0.1) is 0 Å². The smallest absolute Gasteiger partial charge is 0.101 e. The van der Waals surface area contributed by atoms with E-state index in [0.29, 0.717) is 23.4 Å². The van der Waals surface area contributed by atoms with Gasteiger partial charge in [0.1, 0.15) is 12.1 Å². The molecular formula is C14H13N5. The molecule has 5 nitrogen and oxygen atoms in total. The molecule has 0 fully saturated rings. The maximum atomic E-state index is 9.03. The van der Waals surface area contributed by atoms with Crippen molar-refractivity contribution in [2.45, 2.75) is 13.0 Å². The Kier molecular flexibility index (Phi) is 4.15. The fourth-order valence-electron chi connectivity index (χ4n) is 1.82. The Morgan fingerprint density at radius 2 is 1.95 bits per heavy atom. The number of benzene rings is 1. The number of aromatic nitrogens is 2. The summed E-state index contributed by atoms with van der Waals surface area (Å²) >= 11 is 0. The van der Waals surface area contributed by atoms with Crippen molar-refractivity contribution in [3.63, 3.8) is 0 Å². The number of para-hydroxylation sites is 1. The lowest BCUT2D eigenvalue weighted by atomic mass is 10.1. The first-order chi connectivity index (χ1) is 9.35. The van der Waals surface area contributed by atoms with Crippen molar-refractivity contribution in [1.29, 1.82) is 10.5 Å². The second kappa shape index (κ2) is 6.23. The van der Waals surface area contributed by atoms with Crippen molar-refractivity contribution in [2.24, 2.45) is 0 Å². The third-order valence-electron chi connectivity index (χ3n) is 2.76. The maximum absolute atomic E-state index is 9.03.